The Bertz CT molecular complexity index is 1390. The summed E-state index contributed by atoms with van der Waals surface area (Å²) < 4.78 is 20.0. The number of hydrogen-bond acceptors (Lipinski definition) is 11. The van der Waals surface area contributed by atoms with Crippen molar-refractivity contribution >= 4 is 17.5 Å². The first-order chi connectivity index (χ1) is 26.1. The van der Waals surface area contributed by atoms with E-state index in [1.165, 1.54) is 39.8 Å². The Morgan fingerprint density at radius 1 is 0.839 bits per heavy atom. The molecule has 3 heterocycles. The summed E-state index contributed by atoms with van der Waals surface area (Å²) in [5, 5.41) is 55.0. The lowest BCUT2D eigenvalue weighted by molar-refractivity contribution is -0.371. The van der Waals surface area contributed by atoms with E-state index in [2.05, 4.69) is 19.9 Å². The number of ether oxygens (including phenoxy) is 3. The molecule has 0 radical (unpaired) electrons. The molecule has 3 aliphatic rings. The zero-order valence-electron chi connectivity index (χ0n) is 35.8. The van der Waals surface area contributed by atoms with Crippen LogP contribution in [0.3, 0.4) is 0 Å². The number of carbonyl (C=O) groups is 3. The number of aliphatic hydroxyl groups excluding tert-OH is 4. The van der Waals surface area contributed by atoms with Gasteiger partial charge in [-0.2, -0.15) is 0 Å². The summed E-state index contributed by atoms with van der Waals surface area (Å²) in [6.07, 6.45) is 9.62. The van der Waals surface area contributed by atoms with Crippen LogP contribution in [0.2, 0.25) is 0 Å². The van der Waals surface area contributed by atoms with Gasteiger partial charge in [-0.15, -0.1) is 0 Å². The Balaban J connectivity index is 1.99. The summed E-state index contributed by atoms with van der Waals surface area (Å²) in [7, 11) is 0. The number of allylic oxidation sites excluding steroid dienone is 4. The molecular weight excluding hydrogens is 716 g/mol. The highest BCUT2D eigenvalue weighted by Crippen LogP contribution is 2.49. The van der Waals surface area contributed by atoms with Gasteiger partial charge in [0, 0.05) is 48.0 Å². The van der Waals surface area contributed by atoms with E-state index in [1.54, 1.807) is 20.8 Å². The number of fused-ring (bicyclic) bond motifs is 2. The third-order valence-electron chi connectivity index (χ3n) is 13.4. The van der Waals surface area contributed by atoms with Crippen LogP contribution in [-0.4, -0.2) is 97.2 Å². The number of carbonyl (C=O) groups excluding carboxylic acids is 3. The van der Waals surface area contributed by atoms with Crippen LogP contribution in [0.1, 0.15) is 121 Å². The Labute approximate surface area is 336 Å². The molecule has 2 fully saturated rings. The fourth-order valence-electron chi connectivity index (χ4n) is 9.01. The van der Waals surface area contributed by atoms with Gasteiger partial charge in [0.15, 0.2) is 11.6 Å². The molecule has 3 aliphatic heterocycles. The number of hydrogen-bond donors (Lipinski definition) is 5. The second-order valence-corrected chi connectivity index (χ2v) is 18.0. The lowest BCUT2D eigenvalue weighted by Gasteiger charge is -2.55. The first-order valence-corrected chi connectivity index (χ1v) is 21.2. The van der Waals surface area contributed by atoms with E-state index in [9.17, 15) is 39.9 Å². The smallest absolute Gasteiger partial charge is 0.330 e. The average molecular weight is 791 g/mol. The molecule has 1 spiro atoms. The molecule has 11 heteroatoms. The Morgan fingerprint density at radius 2 is 1.48 bits per heavy atom. The van der Waals surface area contributed by atoms with Crippen LogP contribution < -0.4 is 0 Å². The molecule has 56 heavy (non-hydrogen) atoms. The molecule has 0 aliphatic carbocycles. The molecule has 3 rings (SSSR count). The second-order valence-electron chi connectivity index (χ2n) is 18.0. The van der Waals surface area contributed by atoms with E-state index in [4.69, 9.17) is 14.2 Å². The minimum atomic E-state index is -2.18. The summed E-state index contributed by atoms with van der Waals surface area (Å²) in [5.74, 6) is -7.28. The highest BCUT2D eigenvalue weighted by atomic mass is 16.7. The molecule has 11 nitrogen and oxygen atoms in total. The second kappa shape index (κ2) is 20.6. The summed E-state index contributed by atoms with van der Waals surface area (Å²) >= 11 is 0. The van der Waals surface area contributed by atoms with Gasteiger partial charge in [0.2, 0.25) is 0 Å². The Morgan fingerprint density at radius 3 is 2.11 bits per heavy atom. The minimum Gasteiger partial charge on any atom is -0.458 e. The molecule has 320 valence electrons. The van der Waals surface area contributed by atoms with Crippen molar-refractivity contribution in [3.63, 3.8) is 0 Å². The van der Waals surface area contributed by atoms with Crippen molar-refractivity contribution in [1.82, 2.24) is 0 Å². The topological polar surface area (TPSA) is 180 Å². The maximum absolute atomic E-state index is 13.5. The predicted octanol–water partition coefficient (Wildman–Crippen LogP) is 5.88. The Kier molecular flexibility index (Phi) is 17.7. The van der Waals surface area contributed by atoms with Gasteiger partial charge in [0.1, 0.15) is 17.5 Å². The fraction of sp³-hybridized carbons (Fsp3) is 0.800. The van der Waals surface area contributed by atoms with E-state index < -0.39 is 89.0 Å². The molecule has 0 saturated carbocycles. The highest BCUT2D eigenvalue weighted by Gasteiger charge is 2.56. The summed E-state index contributed by atoms with van der Waals surface area (Å²) in [6.45, 7) is 19.1. The van der Waals surface area contributed by atoms with Gasteiger partial charge in [0.05, 0.1) is 36.6 Å². The zero-order chi connectivity index (χ0) is 42.3. The van der Waals surface area contributed by atoms with Gasteiger partial charge < -0.3 is 39.7 Å². The van der Waals surface area contributed by atoms with Crippen molar-refractivity contribution in [2.45, 2.75) is 175 Å². The van der Waals surface area contributed by atoms with E-state index in [0.29, 0.717) is 25.7 Å². The normalized spacial score (nSPS) is 45.1. The standard InChI is InChI=1S/C45H74O11/c1-12-34-17-15-13-14-16-27(4)42(51)44(11,53)43(52)32(9)40(50)31(8)39(49)30(7)38(48)26(3)18-21-37(47)54-41-29(6)35(20-19-34)55-45(33(41)10)23-22-25(2)36(56-45)24-28(5)46/h13-15,17-18,21,25-36,38,40-42,46,48,50-51,53H,12,16,19-20,22-24H2,1-11H3/t25-,26-,27+,28+,29+,30-,31-,32-,33-,34?,35-,36-,38+,40+,41+,42-,44+,45-/m0/s1. The van der Waals surface area contributed by atoms with Crippen LogP contribution in [0.15, 0.2) is 36.5 Å². The first kappa shape index (κ1) is 48.1. The van der Waals surface area contributed by atoms with Crippen LogP contribution in [0.25, 0.3) is 0 Å². The van der Waals surface area contributed by atoms with Crippen molar-refractivity contribution < 1.29 is 54.1 Å². The van der Waals surface area contributed by atoms with Crippen LogP contribution in [0.4, 0.5) is 0 Å². The monoisotopic (exact) mass is 791 g/mol. The fourth-order valence-corrected chi connectivity index (χ4v) is 9.01. The predicted molar refractivity (Wildman–Crippen MR) is 215 cm³/mol. The van der Waals surface area contributed by atoms with Gasteiger partial charge >= 0.3 is 5.97 Å². The molecule has 0 amide bonds. The molecule has 1 unspecified atom stereocenters. The van der Waals surface area contributed by atoms with Gasteiger partial charge in [-0.05, 0) is 70.1 Å². The minimum absolute atomic E-state index is 0.168. The number of rotatable bonds is 3. The Hall–Kier alpha value is -2.25. The lowest BCUT2D eigenvalue weighted by Crippen LogP contribution is -2.62. The van der Waals surface area contributed by atoms with Gasteiger partial charge in [0.25, 0.3) is 0 Å². The number of aliphatic hydroxyl groups is 5. The molecule has 5 N–H and O–H groups in total. The number of ketones is 2. The highest BCUT2D eigenvalue weighted by molar-refractivity contribution is 5.91. The maximum Gasteiger partial charge on any atom is 0.330 e. The zero-order valence-corrected chi connectivity index (χ0v) is 35.8. The molecule has 0 aromatic rings. The van der Waals surface area contributed by atoms with Crippen molar-refractivity contribution in [3.05, 3.63) is 36.5 Å². The summed E-state index contributed by atoms with van der Waals surface area (Å²) in [5.41, 5.74) is -2.18. The number of esters is 1. The summed E-state index contributed by atoms with van der Waals surface area (Å²) in [6, 6.07) is 0. The molecular formula is C45H74O11. The largest absolute Gasteiger partial charge is 0.458 e. The maximum atomic E-state index is 13.5. The van der Waals surface area contributed by atoms with Crippen molar-refractivity contribution in [2.24, 2.45) is 53.3 Å². The van der Waals surface area contributed by atoms with Crippen LogP contribution in [-0.2, 0) is 28.6 Å². The van der Waals surface area contributed by atoms with Crippen molar-refractivity contribution in [1.29, 1.82) is 0 Å². The molecule has 18 atom stereocenters. The SMILES string of the molecule is CCC1C=CC=CC[C@@H](C)[C@H](O)[C@@](C)(O)C(=O)[C@@H](C)[C@H](O)[C@@H](C)C(=O)[C@@H](C)[C@H](O)[C@@H](C)C=CC(=O)O[C@@H]2[C@H](C)[C@H](CC1)O[C@]1(CC[C@H](C)[C@H](C[C@@H](C)O)O1)[C@H]2C. The van der Waals surface area contributed by atoms with Crippen LogP contribution in [0.5, 0.6) is 0 Å². The molecule has 0 aromatic heterocycles. The third-order valence-corrected chi connectivity index (χ3v) is 13.4. The van der Waals surface area contributed by atoms with E-state index in [1.807, 2.05) is 32.1 Å². The van der Waals surface area contributed by atoms with E-state index >= 15 is 0 Å². The lowest BCUT2D eigenvalue weighted by atomic mass is 9.74. The third kappa shape index (κ3) is 11.5. The molecule has 2 bridgehead atoms. The van der Waals surface area contributed by atoms with Crippen LogP contribution >= 0.6 is 0 Å². The number of Topliss-reactive ketones (excluding diaryl/α,β-unsaturated/α-hetero) is 2. The quantitative estimate of drug-likeness (QED) is 0.216. The van der Waals surface area contributed by atoms with Crippen molar-refractivity contribution in [3.8, 4) is 0 Å². The summed E-state index contributed by atoms with van der Waals surface area (Å²) in [4.78, 5) is 40.5. The molecule has 2 saturated heterocycles. The van der Waals surface area contributed by atoms with Gasteiger partial charge in [-0.25, -0.2) is 4.79 Å². The van der Waals surface area contributed by atoms with Crippen LogP contribution in [0, 0.1) is 53.3 Å². The van der Waals surface area contributed by atoms with Crippen molar-refractivity contribution in [2.75, 3.05) is 0 Å². The van der Waals surface area contributed by atoms with E-state index in [0.717, 1.165) is 19.3 Å². The first-order valence-electron chi connectivity index (χ1n) is 21.2. The average Bonchev–Trinajstić information content (AvgIpc) is 3.16. The van der Waals surface area contributed by atoms with E-state index in [-0.39, 0.29) is 35.9 Å². The van der Waals surface area contributed by atoms with Gasteiger partial charge in [-0.1, -0.05) is 92.7 Å². The van der Waals surface area contributed by atoms with Gasteiger partial charge in [-0.3, -0.25) is 9.59 Å². The molecule has 0 aromatic carbocycles.